The summed E-state index contributed by atoms with van der Waals surface area (Å²) in [4.78, 5) is 24.2. The highest BCUT2D eigenvalue weighted by atomic mass is 32.2. The maximum absolute atomic E-state index is 13.7. The molecule has 0 bridgehead atoms. The lowest BCUT2D eigenvalue weighted by molar-refractivity contribution is -0.123. The average molecular weight is 445 g/mol. The Morgan fingerprint density at radius 1 is 1.27 bits per heavy atom. The van der Waals surface area contributed by atoms with Crippen LogP contribution in [0.25, 0.3) is 10.2 Å². The topological polar surface area (TPSA) is 83.5 Å². The molecule has 0 N–H and O–H groups in total. The summed E-state index contributed by atoms with van der Waals surface area (Å²) in [5, 5.41) is 0.576. The number of hydrogen-bond acceptors (Lipinski definition) is 6. The maximum atomic E-state index is 13.7. The molecule has 0 saturated carbocycles. The SMILES string of the molecule is Cc1cccc2sc(N(Cc3cccnc3)C(=O)C3CCCCN3S(C)(=O)=O)nc12. The van der Waals surface area contributed by atoms with Crippen molar-refractivity contribution >= 4 is 42.6 Å². The van der Waals surface area contributed by atoms with E-state index in [2.05, 4.69) is 4.98 Å². The van der Waals surface area contributed by atoms with Crippen molar-refractivity contribution in [1.82, 2.24) is 14.3 Å². The lowest BCUT2D eigenvalue weighted by Crippen LogP contribution is -2.52. The molecular formula is C21H24N4O3S2. The van der Waals surface area contributed by atoms with E-state index in [1.54, 1.807) is 17.3 Å². The third-order valence-electron chi connectivity index (χ3n) is 5.33. The molecule has 1 amide bonds. The molecule has 30 heavy (non-hydrogen) atoms. The number of hydrogen-bond donors (Lipinski definition) is 0. The number of rotatable bonds is 5. The zero-order valence-corrected chi connectivity index (χ0v) is 18.6. The fraction of sp³-hybridized carbons (Fsp3) is 0.381. The number of carbonyl (C=O) groups excluding carboxylic acids is 1. The first-order valence-corrected chi connectivity index (χ1v) is 12.5. The van der Waals surface area contributed by atoms with Gasteiger partial charge in [-0.25, -0.2) is 13.4 Å². The summed E-state index contributed by atoms with van der Waals surface area (Å²) >= 11 is 1.45. The first-order valence-electron chi connectivity index (χ1n) is 9.88. The highest BCUT2D eigenvalue weighted by Gasteiger charge is 2.38. The Morgan fingerprint density at radius 3 is 2.80 bits per heavy atom. The zero-order chi connectivity index (χ0) is 21.3. The van der Waals surface area contributed by atoms with Crippen LogP contribution in [0.5, 0.6) is 0 Å². The van der Waals surface area contributed by atoms with Gasteiger partial charge in [0.25, 0.3) is 0 Å². The fourth-order valence-electron chi connectivity index (χ4n) is 3.83. The number of aromatic nitrogens is 2. The Kier molecular flexibility index (Phi) is 5.86. The molecule has 0 radical (unpaired) electrons. The molecule has 1 aliphatic heterocycles. The minimum atomic E-state index is -3.48. The lowest BCUT2D eigenvalue weighted by Gasteiger charge is -2.35. The molecule has 0 spiro atoms. The van der Waals surface area contributed by atoms with Gasteiger partial charge in [-0.15, -0.1) is 0 Å². The molecule has 9 heteroatoms. The number of pyridine rings is 1. The van der Waals surface area contributed by atoms with Crippen LogP contribution in [0.2, 0.25) is 0 Å². The van der Waals surface area contributed by atoms with Crippen molar-refractivity contribution in [2.45, 2.75) is 38.8 Å². The summed E-state index contributed by atoms with van der Waals surface area (Å²) in [6.45, 7) is 2.65. The average Bonchev–Trinajstić information content (AvgIpc) is 3.17. The molecule has 3 heterocycles. The van der Waals surface area contributed by atoms with E-state index in [0.29, 0.717) is 24.6 Å². The van der Waals surface area contributed by atoms with E-state index in [4.69, 9.17) is 4.98 Å². The predicted octanol–water partition coefficient (Wildman–Crippen LogP) is 3.35. The minimum Gasteiger partial charge on any atom is -0.282 e. The van der Waals surface area contributed by atoms with Gasteiger partial charge in [0.05, 0.1) is 23.0 Å². The number of fused-ring (bicyclic) bond motifs is 1. The largest absolute Gasteiger partial charge is 0.282 e. The molecule has 4 rings (SSSR count). The number of carbonyl (C=O) groups is 1. The smallest absolute Gasteiger partial charge is 0.247 e. The highest BCUT2D eigenvalue weighted by molar-refractivity contribution is 7.88. The second-order valence-corrected chi connectivity index (χ2v) is 10.5. The minimum absolute atomic E-state index is 0.235. The van der Waals surface area contributed by atoms with E-state index in [-0.39, 0.29) is 5.91 Å². The van der Waals surface area contributed by atoms with Gasteiger partial charge in [-0.2, -0.15) is 4.31 Å². The van der Waals surface area contributed by atoms with E-state index in [1.165, 1.54) is 21.9 Å². The first kappa shape index (κ1) is 20.9. The number of piperidine rings is 1. The summed E-state index contributed by atoms with van der Waals surface area (Å²) in [5.41, 5.74) is 2.77. The number of thiazole rings is 1. The van der Waals surface area contributed by atoms with Crippen LogP contribution in [-0.4, -0.2) is 47.4 Å². The third-order valence-corrected chi connectivity index (χ3v) is 7.67. The van der Waals surface area contributed by atoms with Gasteiger partial charge >= 0.3 is 0 Å². The van der Waals surface area contributed by atoms with Gasteiger partial charge in [0.2, 0.25) is 15.9 Å². The number of amides is 1. The van der Waals surface area contributed by atoms with Crippen LogP contribution in [0.3, 0.4) is 0 Å². The Hall–Kier alpha value is -2.36. The predicted molar refractivity (Wildman–Crippen MR) is 119 cm³/mol. The van der Waals surface area contributed by atoms with Crippen molar-refractivity contribution in [3.63, 3.8) is 0 Å². The van der Waals surface area contributed by atoms with Gasteiger partial charge in [-0.3, -0.25) is 14.7 Å². The van der Waals surface area contributed by atoms with Gasteiger partial charge in [0.15, 0.2) is 5.13 Å². The standard InChI is InChI=1S/C21H24N4O3S2/c1-15-7-5-10-18-19(15)23-21(29-18)24(14-16-8-6-11-22-13-16)20(26)17-9-3-4-12-25(17)30(2,27)28/h5-8,10-11,13,17H,3-4,9,12,14H2,1-2H3. The molecule has 0 aliphatic carbocycles. The molecular weight excluding hydrogens is 420 g/mol. The van der Waals surface area contributed by atoms with E-state index in [9.17, 15) is 13.2 Å². The lowest BCUT2D eigenvalue weighted by atomic mass is 10.0. The van der Waals surface area contributed by atoms with Gasteiger partial charge in [-0.05, 0) is 43.0 Å². The van der Waals surface area contributed by atoms with E-state index in [1.807, 2.05) is 37.3 Å². The van der Waals surface area contributed by atoms with Gasteiger partial charge in [-0.1, -0.05) is 36.0 Å². The number of aryl methyl sites for hydroxylation is 1. The monoisotopic (exact) mass is 444 g/mol. The molecule has 3 aromatic rings. The van der Waals surface area contributed by atoms with Crippen molar-refractivity contribution in [3.8, 4) is 0 Å². The number of anilines is 1. The molecule has 7 nitrogen and oxygen atoms in total. The quantitative estimate of drug-likeness (QED) is 0.603. The van der Waals surface area contributed by atoms with Crippen LogP contribution in [-0.2, 0) is 21.4 Å². The summed E-state index contributed by atoms with van der Waals surface area (Å²) in [6, 6.07) is 8.97. The van der Waals surface area contributed by atoms with Gasteiger partial charge in [0.1, 0.15) is 6.04 Å². The highest BCUT2D eigenvalue weighted by Crippen LogP contribution is 2.33. The molecule has 1 aromatic carbocycles. The normalized spacial score (nSPS) is 17.9. The van der Waals surface area contributed by atoms with E-state index >= 15 is 0 Å². The fourth-order valence-corrected chi connectivity index (χ4v) is 6.00. The van der Waals surface area contributed by atoms with E-state index in [0.717, 1.165) is 34.2 Å². The Bertz CT molecular complexity index is 1160. The van der Waals surface area contributed by atoms with Gasteiger partial charge < -0.3 is 0 Å². The second-order valence-electron chi connectivity index (χ2n) is 7.59. The molecule has 1 fully saturated rings. The molecule has 158 valence electrons. The van der Waals surface area contributed by atoms with E-state index < -0.39 is 16.1 Å². The Balaban J connectivity index is 1.76. The van der Waals surface area contributed by atoms with Crippen LogP contribution in [0.15, 0.2) is 42.7 Å². The van der Waals surface area contributed by atoms with Crippen molar-refractivity contribution in [2.24, 2.45) is 0 Å². The summed E-state index contributed by atoms with van der Waals surface area (Å²) in [7, 11) is -3.48. The summed E-state index contributed by atoms with van der Waals surface area (Å²) < 4.78 is 27.0. The number of benzene rings is 1. The zero-order valence-electron chi connectivity index (χ0n) is 17.0. The van der Waals surface area contributed by atoms with Crippen molar-refractivity contribution in [2.75, 3.05) is 17.7 Å². The van der Waals surface area contributed by atoms with Crippen LogP contribution in [0.4, 0.5) is 5.13 Å². The number of nitrogens with zero attached hydrogens (tertiary/aromatic N) is 4. The third kappa shape index (κ3) is 4.23. The molecule has 1 atom stereocenters. The number of sulfonamides is 1. The molecule has 1 aliphatic rings. The van der Waals surface area contributed by atoms with Gasteiger partial charge in [0, 0.05) is 18.9 Å². The Morgan fingerprint density at radius 2 is 2.10 bits per heavy atom. The molecule has 1 unspecified atom stereocenters. The molecule has 1 saturated heterocycles. The van der Waals surface area contributed by atoms with Crippen LogP contribution in [0, 0.1) is 6.92 Å². The van der Waals surface area contributed by atoms with Crippen LogP contribution in [0.1, 0.15) is 30.4 Å². The van der Waals surface area contributed by atoms with Crippen molar-refractivity contribution < 1.29 is 13.2 Å². The first-order chi connectivity index (χ1) is 14.3. The van der Waals surface area contributed by atoms with Crippen molar-refractivity contribution in [3.05, 3.63) is 53.9 Å². The Labute approximate surface area is 180 Å². The van der Waals surface area contributed by atoms with Crippen LogP contribution >= 0.6 is 11.3 Å². The summed E-state index contributed by atoms with van der Waals surface area (Å²) in [5.74, 6) is -0.235. The van der Waals surface area contributed by atoms with Crippen molar-refractivity contribution in [1.29, 1.82) is 0 Å². The molecule has 2 aromatic heterocycles. The maximum Gasteiger partial charge on any atom is 0.247 e. The van der Waals surface area contributed by atoms with Crippen LogP contribution < -0.4 is 4.90 Å². The summed E-state index contributed by atoms with van der Waals surface area (Å²) in [6.07, 6.45) is 6.67. The second kappa shape index (κ2) is 8.41. The number of para-hydroxylation sites is 1.